The molecule has 0 atom stereocenters. The van der Waals surface area contributed by atoms with E-state index in [1.54, 1.807) is 17.0 Å². The molecule has 23 heavy (non-hydrogen) atoms. The van der Waals surface area contributed by atoms with Crippen LogP contribution in [0.3, 0.4) is 0 Å². The summed E-state index contributed by atoms with van der Waals surface area (Å²) >= 11 is 0. The van der Waals surface area contributed by atoms with Crippen molar-refractivity contribution >= 4 is 11.6 Å². The van der Waals surface area contributed by atoms with Gasteiger partial charge in [0.05, 0.1) is 12.1 Å². The van der Waals surface area contributed by atoms with E-state index in [0.717, 1.165) is 0 Å². The van der Waals surface area contributed by atoms with Crippen molar-refractivity contribution < 1.29 is 18.0 Å². The van der Waals surface area contributed by atoms with Crippen LogP contribution in [-0.2, 0) is 0 Å². The van der Waals surface area contributed by atoms with Gasteiger partial charge >= 0.3 is 6.18 Å². The lowest BCUT2D eigenvalue weighted by Crippen LogP contribution is -2.38. The molecule has 7 nitrogen and oxygen atoms in total. The molecule has 1 aliphatic rings. The third kappa shape index (κ3) is 3.76. The number of alkyl halides is 3. The fourth-order valence-corrected chi connectivity index (χ4v) is 2.64. The molecule has 1 fully saturated rings. The molecule has 2 aromatic rings. The van der Waals surface area contributed by atoms with Crippen LogP contribution >= 0.6 is 0 Å². The molecule has 1 saturated heterocycles. The van der Waals surface area contributed by atoms with Crippen molar-refractivity contribution in [2.75, 3.05) is 32.7 Å². The van der Waals surface area contributed by atoms with Crippen LogP contribution in [0.25, 0.3) is 5.65 Å². The number of pyridine rings is 1. The first-order valence-corrected chi connectivity index (χ1v) is 7.18. The average molecular weight is 328 g/mol. The maximum absolute atomic E-state index is 12.5. The molecule has 2 aromatic heterocycles. The Morgan fingerprint density at radius 2 is 2.00 bits per heavy atom. The number of carbonyl (C=O) groups is 1. The highest BCUT2D eigenvalue weighted by molar-refractivity contribution is 5.94. The fraction of sp³-hybridized carbons (Fsp3) is 0.538. The van der Waals surface area contributed by atoms with Crippen LogP contribution < -0.4 is 0 Å². The number of carbonyl (C=O) groups excluding carboxylic acids is 1. The highest BCUT2D eigenvalue weighted by Crippen LogP contribution is 2.18. The second-order valence-corrected chi connectivity index (χ2v) is 5.44. The number of amides is 1. The summed E-state index contributed by atoms with van der Waals surface area (Å²) < 4.78 is 38.8. The second kappa shape index (κ2) is 6.11. The first-order valence-electron chi connectivity index (χ1n) is 7.18. The number of hydrogen-bond acceptors (Lipinski definition) is 5. The Hall–Kier alpha value is -2.23. The summed E-state index contributed by atoms with van der Waals surface area (Å²) in [4.78, 5) is 15.4. The normalized spacial score (nSPS) is 17.4. The summed E-state index contributed by atoms with van der Waals surface area (Å²) in [5, 5.41) is 11.0. The van der Waals surface area contributed by atoms with Gasteiger partial charge in [0, 0.05) is 32.4 Å². The number of rotatable bonds is 2. The topological polar surface area (TPSA) is 66.6 Å². The minimum absolute atomic E-state index is 0.207. The molecule has 0 spiro atoms. The zero-order valence-corrected chi connectivity index (χ0v) is 12.2. The Labute approximate surface area is 129 Å². The first-order chi connectivity index (χ1) is 10.9. The number of fused-ring (bicyclic) bond motifs is 1. The molecule has 0 saturated carbocycles. The van der Waals surface area contributed by atoms with Crippen LogP contribution in [0.1, 0.15) is 16.8 Å². The molecule has 0 radical (unpaired) electrons. The first kappa shape index (κ1) is 15.7. The van der Waals surface area contributed by atoms with Gasteiger partial charge in [-0.05, 0) is 29.0 Å². The molecule has 1 aliphatic heterocycles. The van der Waals surface area contributed by atoms with E-state index in [4.69, 9.17) is 0 Å². The molecule has 3 rings (SSSR count). The SMILES string of the molecule is O=C(c1ccc2nnnn2c1)N1CCCN(CC(F)(F)F)CC1. The van der Waals surface area contributed by atoms with Crippen molar-refractivity contribution in [2.24, 2.45) is 0 Å². The van der Waals surface area contributed by atoms with Crippen molar-refractivity contribution in [2.45, 2.75) is 12.6 Å². The Morgan fingerprint density at radius 1 is 1.17 bits per heavy atom. The molecule has 1 amide bonds. The second-order valence-electron chi connectivity index (χ2n) is 5.44. The van der Waals surface area contributed by atoms with Gasteiger partial charge in [0.15, 0.2) is 5.65 Å². The predicted octanol–water partition coefficient (Wildman–Crippen LogP) is 0.835. The van der Waals surface area contributed by atoms with Crippen molar-refractivity contribution in [1.29, 1.82) is 0 Å². The molecule has 0 bridgehead atoms. The van der Waals surface area contributed by atoms with Gasteiger partial charge in [-0.25, -0.2) is 0 Å². The molecular weight excluding hydrogens is 313 g/mol. The maximum atomic E-state index is 12.5. The number of aromatic nitrogens is 4. The van der Waals surface area contributed by atoms with E-state index >= 15 is 0 Å². The van der Waals surface area contributed by atoms with Gasteiger partial charge in [-0.15, -0.1) is 5.10 Å². The molecule has 0 unspecified atom stereocenters. The highest BCUT2D eigenvalue weighted by atomic mass is 19.4. The summed E-state index contributed by atoms with van der Waals surface area (Å²) in [5.74, 6) is -0.226. The summed E-state index contributed by atoms with van der Waals surface area (Å²) in [6.45, 7) is 0.294. The zero-order chi connectivity index (χ0) is 16.4. The monoisotopic (exact) mass is 328 g/mol. The third-order valence-electron chi connectivity index (χ3n) is 3.72. The van der Waals surface area contributed by atoms with Gasteiger partial charge in [-0.3, -0.25) is 9.69 Å². The fourth-order valence-electron chi connectivity index (χ4n) is 2.64. The summed E-state index contributed by atoms with van der Waals surface area (Å²) in [6.07, 6.45) is -2.19. The molecule has 0 aromatic carbocycles. The van der Waals surface area contributed by atoms with E-state index in [-0.39, 0.29) is 19.0 Å². The minimum Gasteiger partial charge on any atom is -0.337 e. The summed E-state index contributed by atoms with van der Waals surface area (Å²) in [5.41, 5.74) is 0.933. The van der Waals surface area contributed by atoms with Crippen LogP contribution in [0.5, 0.6) is 0 Å². The molecule has 3 heterocycles. The van der Waals surface area contributed by atoms with Gasteiger partial charge in [0.1, 0.15) is 0 Å². The smallest absolute Gasteiger partial charge is 0.337 e. The number of hydrogen-bond donors (Lipinski definition) is 0. The van der Waals surface area contributed by atoms with E-state index in [0.29, 0.717) is 30.7 Å². The Balaban J connectivity index is 1.68. The van der Waals surface area contributed by atoms with Crippen molar-refractivity contribution in [3.63, 3.8) is 0 Å². The molecule has 124 valence electrons. The Kier molecular flexibility index (Phi) is 4.16. The van der Waals surface area contributed by atoms with Crippen molar-refractivity contribution in [3.05, 3.63) is 23.9 Å². The van der Waals surface area contributed by atoms with Crippen LogP contribution in [0.2, 0.25) is 0 Å². The van der Waals surface area contributed by atoms with Gasteiger partial charge < -0.3 is 4.90 Å². The highest BCUT2D eigenvalue weighted by Gasteiger charge is 2.32. The number of tetrazole rings is 1. The Bertz CT molecular complexity index is 700. The third-order valence-corrected chi connectivity index (χ3v) is 3.72. The van der Waals surface area contributed by atoms with Gasteiger partial charge in [-0.2, -0.15) is 17.7 Å². The van der Waals surface area contributed by atoms with Crippen LogP contribution in [0.15, 0.2) is 18.3 Å². The van der Waals surface area contributed by atoms with E-state index in [2.05, 4.69) is 15.5 Å². The largest absolute Gasteiger partial charge is 0.401 e. The Morgan fingerprint density at radius 3 is 2.78 bits per heavy atom. The zero-order valence-electron chi connectivity index (χ0n) is 12.2. The van der Waals surface area contributed by atoms with E-state index in [9.17, 15) is 18.0 Å². The molecule has 0 aliphatic carbocycles. The lowest BCUT2D eigenvalue weighted by molar-refractivity contribution is -0.145. The average Bonchev–Trinajstić information content (AvgIpc) is 2.84. The van der Waals surface area contributed by atoms with Gasteiger partial charge in [-0.1, -0.05) is 0 Å². The summed E-state index contributed by atoms with van der Waals surface area (Å²) in [7, 11) is 0. The predicted molar refractivity (Wildman–Crippen MR) is 73.8 cm³/mol. The maximum Gasteiger partial charge on any atom is 0.401 e. The van der Waals surface area contributed by atoms with Gasteiger partial charge in [0.2, 0.25) is 0 Å². The quantitative estimate of drug-likeness (QED) is 0.817. The molecule has 10 heteroatoms. The van der Waals surface area contributed by atoms with Crippen LogP contribution in [0, 0.1) is 0 Å². The number of nitrogens with zero attached hydrogens (tertiary/aromatic N) is 6. The van der Waals surface area contributed by atoms with Crippen molar-refractivity contribution in [3.8, 4) is 0 Å². The van der Waals surface area contributed by atoms with Crippen LogP contribution in [-0.4, -0.2) is 74.6 Å². The van der Waals surface area contributed by atoms with E-state index in [1.807, 2.05) is 0 Å². The lowest BCUT2D eigenvalue weighted by atomic mass is 10.2. The molecule has 0 N–H and O–H groups in total. The minimum atomic E-state index is -4.22. The molecular formula is C13H15F3N6O. The standard InChI is InChI=1S/C13H15F3N6O/c14-13(15,16)9-20-4-1-5-21(7-6-20)12(23)10-2-3-11-17-18-19-22(11)8-10/h2-3,8H,1,4-7,9H2. The lowest BCUT2D eigenvalue weighted by Gasteiger charge is -2.22. The number of halogens is 3. The van der Waals surface area contributed by atoms with Crippen molar-refractivity contribution in [1.82, 2.24) is 29.8 Å². The van der Waals surface area contributed by atoms with E-state index in [1.165, 1.54) is 15.6 Å². The summed E-state index contributed by atoms with van der Waals surface area (Å²) in [6, 6.07) is 3.24. The van der Waals surface area contributed by atoms with Gasteiger partial charge in [0.25, 0.3) is 5.91 Å². The van der Waals surface area contributed by atoms with E-state index < -0.39 is 12.7 Å². The van der Waals surface area contributed by atoms with Crippen LogP contribution in [0.4, 0.5) is 13.2 Å².